The molecular formula is C10H15N7O. The molecule has 2 aromatic rings. The summed E-state index contributed by atoms with van der Waals surface area (Å²) in [5.74, 6) is -0.271. The fraction of sp³-hybridized carbons (Fsp3) is 0.400. The first-order chi connectivity index (χ1) is 8.70. The van der Waals surface area contributed by atoms with Gasteiger partial charge in [0.15, 0.2) is 5.69 Å². The highest BCUT2D eigenvalue weighted by Crippen LogP contribution is 2.09. The summed E-state index contributed by atoms with van der Waals surface area (Å²) in [7, 11) is 0. The van der Waals surface area contributed by atoms with Gasteiger partial charge < -0.3 is 11.1 Å². The molecule has 8 nitrogen and oxygen atoms in total. The topological polar surface area (TPSA) is 115 Å². The van der Waals surface area contributed by atoms with Gasteiger partial charge in [0.05, 0.1) is 25.0 Å². The quantitative estimate of drug-likeness (QED) is 0.657. The van der Waals surface area contributed by atoms with Crippen molar-refractivity contribution in [1.82, 2.24) is 30.5 Å². The second-order valence-electron chi connectivity index (χ2n) is 3.88. The Morgan fingerprint density at radius 2 is 2.50 bits per heavy atom. The van der Waals surface area contributed by atoms with Gasteiger partial charge in [-0.15, -0.1) is 5.10 Å². The normalized spacial score (nSPS) is 12.3. The minimum atomic E-state index is -0.271. The van der Waals surface area contributed by atoms with Gasteiger partial charge >= 0.3 is 0 Å². The van der Waals surface area contributed by atoms with Crippen LogP contribution in [0.15, 0.2) is 18.6 Å². The molecule has 96 valence electrons. The second-order valence-corrected chi connectivity index (χ2v) is 3.88. The molecule has 0 aliphatic rings. The second kappa shape index (κ2) is 5.41. The average Bonchev–Trinajstić information content (AvgIpc) is 3.00. The van der Waals surface area contributed by atoms with Crippen LogP contribution in [0.2, 0.25) is 0 Å². The van der Waals surface area contributed by atoms with Crippen molar-refractivity contribution in [3.63, 3.8) is 0 Å². The summed E-state index contributed by atoms with van der Waals surface area (Å²) in [6, 6.07) is -0.143. The van der Waals surface area contributed by atoms with E-state index in [2.05, 4.69) is 25.8 Å². The van der Waals surface area contributed by atoms with E-state index >= 15 is 0 Å². The fourth-order valence-electron chi connectivity index (χ4n) is 1.50. The highest BCUT2D eigenvalue weighted by atomic mass is 16.2. The molecule has 8 heteroatoms. The molecule has 4 N–H and O–H groups in total. The van der Waals surface area contributed by atoms with Crippen LogP contribution in [0, 0.1) is 0 Å². The monoisotopic (exact) mass is 249 g/mol. The minimum absolute atomic E-state index is 0.143. The molecule has 1 unspecified atom stereocenters. The third-order valence-electron chi connectivity index (χ3n) is 2.50. The number of hydrogen-bond acceptors (Lipinski definition) is 5. The van der Waals surface area contributed by atoms with Crippen LogP contribution >= 0.6 is 0 Å². The molecule has 0 bridgehead atoms. The molecule has 0 radical (unpaired) electrons. The standard InChI is InChI=1S/C10H15N7O/c1-7(8-4-12-13-5-8)14-10(18)9-6-17(3-2-11)16-15-9/h4-7H,2-3,11H2,1H3,(H,12,13)(H,14,18). The van der Waals surface area contributed by atoms with Gasteiger partial charge in [0, 0.05) is 18.3 Å². The Labute approximate surface area is 104 Å². The molecule has 0 saturated heterocycles. The van der Waals surface area contributed by atoms with Gasteiger partial charge in [-0.3, -0.25) is 14.6 Å². The maximum absolute atomic E-state index is 11.9. The highest BCUT2D eigenvalue weighted by molar-refractivity contribution is 5.92. The van der Waals surface area contributed by atoms with Gasteiger partial charge in [-0.05, 0) is 6.92 Å². The molecule has 2 rings (SSSR count). The number of aromatic nitrogens is 5. The summed E-state index contributed by atoms with van der Waals surface area (Å²) in [5, 5.41) is 16.9. The smallest absolute Gasteiger partial charge is 0.273 e. The summed E-state index contributed by atoms with van der Waals surface area (Å²) in [5.41, 5.74) is 6.57. The molecule has 0 fully saturated rings. The zero-order chi connectivity index (χ0) is 13.0. The van der Waals surface area contributed by atoms with Crippen LogP contribution in [0.5, 0.6) is 0 Å². The van der Waals surface area contributed by atoms with Gasteiger partial charge in [0.1, 0.15) is 0 Å². The van der Waals surface area contributed by atoms with E-state index in [1.54, 1.807) is 18.6 Å². The lowest BCUT2D eigenvalue weighted by Gasteiger charge is -2.09. The number of carbonyl (C=O) groups is 1. The maximum Gasteiger partial charge on any atom is 0.273 e. The molecule has 2 aromatic heterocycles. The number of nitrogens with zero attached hydrogens (tertiary/aromatic N) is 4. The molecule has 0 aromatic carbocycles. The lowest BCUT2D eigenvalue weighted by Crippen LogP contribution is -2.26. The van der Waals surface area contributed by atoms with E-state index in [0.29, 0.717) is 13.1 Å². The van der Waals surface area contributed by atoms with Crippen LogP contribution in [0.4, 0.5) is 0 Å². The first-order valence-electron chi connectivity index (χ1n) is 5.60. The molecule has 1 atom stereocenters. The predicted molar refractivity (Wildman–Crippen MR) is 63.5 cm³/mol. The molecule has 0 spiro atoms. The number of rotatable bonds is 5. The van der Waals surface area contributed by atoms with Crippen molar-refractivity contribution in [3.05, 3.63) is 29.8 Å². The number of nitrogens with two attached hydrogens (primary N) is 1. The number of aromatic amines is 1. The van der Waals surface area contributed by atoms with Crippen LogP contribution in [0.1, 0.15) is 29.0 Å². The summed E-state index contributed by atoms with van der Waals surface area (Å²) in [4.78, 5) is 11.9. The Bertz CT molecular complexity index is 504. The van der Waals surface area contributed by atoms with Crippen molar-refractivity contribution in [1.29, 1.82) is 0 Å². The average molecular weight is 249 g/mol. The number of nitrogens with one attached hydrogen (secondary N) is 2. The number of hydrogen-bond donors (Lipinski definition) is 3. The number of H-pyrrole nitrogens is 1. The fourth-order valence-corrected chi connectivity index (χ4v) is 1.50. The molecular weight excluding hydrogens is 234 g/mol. The molecule has 0 aliphatic carbocycles. The predicted octanol–water partition coefficient (Wildman–Crippen LogP) is -0.549. The number of carbonyl (C=O) groups excluding carboxylic acids is 1. The first-order valence-corrected chi connectivity index (χ1v) is 5.60. The zero-order valence-corrected chi connectivity index (χ0v) is 10.00. The Kier molecular flexibility index (Phi) is 3.68. The molecule has 0 aliphatic heterocycles. The van der Waals surface area contributed by atoms with Crippen LogP contribution < -0.4 is 11.1 Å². The van der Waals surface area contributed by atoms with Gasteiger partial charge in [-0.1, -0.05) is 5.21 Å². The molecule has 2 heterocycles. The lowest BCUT2D eigenvalue weighted by molar-refractivity contribution is 0.0934. The third-order valence-corrected chi connectivity index (χ3v) is 2.50. The van der Waals surface area contributed by atoms with Crippen LogP contribution in [-0.2, 0) is 6.54 Å². The van der Waals surface area contributed by atoms with Crippen molar-refractivity contribution in [2.75, 3.05) is 6.54 Å². The summed E-state index contributed by atoms with van der Waals surface area (Å²) >= 11 is 0. The van der Waals surface area contributed by atoms with E-state index in [1.165, 1.54) is 4.68 Å². The van der Waals surface area contributed by atoms with Crippen molar-refractivity contribution >= 4 is 5.91 Å². The van der Waals surface area contributed by atoms with E-state index in [0.717, 1.165) is 5.56 Å². The number of amides is 1. The molecule has 18 heavy (non-hydrogen) atoms. The van der Waals surface area contributed by atoms with E-state index in [4.69, 9.17) is 5.73 Å². The van der Waals surface area contributed by atoms with Crippen LogP contribution in [0.25, 0.3) is 0 Å². The van der Waals surface area contributed by atoms with Gasteiger partial charge in [0.25, 0.3) is 5.91 Å². The Morgan fingerprint density at radius 3 is 3.17 bits per heavy atom. The van der Waals surface area contributed by atoms with E-state index < -0.39 is 0 Å². The largest absolute Gasteiger partial charge is 0.344 e. The SMILES string of the molecule is CC(NC(=O)c1cn(CCN)nn1)c1cn[nH]c1. The first kappa shape index (κ1) is 12.2. The van der Waals surface area contributed by atoms with Crippen molar-refractivity contribution in [2.24, 2.45) is 5.73 Å². The van der Waals surface area contributed by atoms with Crippen molar-refractivity contribution in [3.8, 4) is 0 Å². The third kappa shape index (κ3) is 2.72. The van der Waals surface area contributed by atoms with Crippen molar-refractivity contribution < 1.29 is 4.79 Å². The Hall–Kier alpha value is -2.22. The maximum atomic E-state index is 11.9. The lowest BCUT2D eigenvalue weighted by atomic mass is 10.2. The molecule has 1 amide bonds. The Morgan fingerprint density at radius 1 is 1.67 bits per heavy atom. The highest BCUT2D eigenvalue weighted by Gasteiger charge is 2.15. The summed E-state index contributed by atoms with van der Waals surface area (Å²) < 4.78 is 1.54. The van der Waals surface area contributed by atoms with Gasteiger partial charge in [0.2, 0.25) is 0 Å². The van der Waals surface area contributed by atoms with Crippen LogP contribution in [-0.4, -0.2) is 37.6 Å². The summed E-state index contributed by atoms with van der Waals surface area (Å²) in [6.45, 7) is 2.86. The van der Waals surface area contributed by atoms with Crippen LogP contribution in [0.3, 0.4) is 0 Å². The van der Waals surface area contributed by atoms with E-state index in [-0.39, 0.29) is 17.6 Å². The zero-order valence-electron chi connectivity index (χ0n) is 10.00. The molecule has 0 saturated carbocycles. The summed E-state index contributed by atoms with van der Waals surface area (Å²) in [6.07, 6.45) is 4.97. The van der Waals surface area contributed by atoms with Gasteiger partial charge in [-0.25, -0.2) is 0 Å². The van der Waals surface area contributed by atoms with Gasteiger partial charge in [-0.2, -0.15) is 5.10 Å². The minimum Gasteiger partial charge on any atom is -0.344 e. The Balaban J connectivity index is 1.98. The van der Waals surface area contributed by atoms with E-state index in [1.807, 2.05) is 6.92 Å². The van der Waals surface area contributed by atoms with E-state index in [9.17, 15) is 4.79 Å². The van der Waals surface area contributed by atoms with Crippen molar-refractivity contribution in [2.45, 2.75) is 19.5 Å².